The van der Waals surface area contributed by atoms with Gasteiger partial charge in [-0.05, 0) is 37.3 Å². The Morgan fingerprint density at radius 1 is 1.05 bits per heavy atom. The van der Waals surface area contributed by atoms with Crippen LogP contribution in [-0.4, -0.2) is 0 Å². The highest BCUT2D eigenvalue weighted by Gasteiger charge is 2.17. The van der Waals surface area contributed by atoms with Crippen molar-refractivity contribution in [3.63, 3.8) is 0 Å². The molecule has 1 unspecified atom stereocenters. The fraction of sp³-hybridized carbons (Fsp3) is 0.143. The van der Waals surface area contributed by atoms with Gasteiger partial charge in [-0.3, -0.25) is 0 Å². The zero-order valence-corrected chi connectivity index (χ0v) is 12.6. The maximum absolute atomic E-state index is 13.5. The first-order chi connectivity index (χ1) is 9.38. The number of benzene rings is 2. The molecule has 2 rings (SSSR count). The van der Waals surface area contributed by atoms with Crippen molar-refractivity contribution in [2.24, 2.45) is 0 Å². The molecule has 0 spiro atoms. The minimum atomic E-state index is -0.558. The number of rotatable bonds is 3. The van der Waals surface area contributed by atoms with Crippen LogP contribution < -0.4 is 5.32 Å². The standard InChI is InChI=1S/C14H10Cl3F2N/c1-7(13-11(16)2-3-12(19)14(13)17)20-10-5-8(15)4-9(18)6-10/h2-7,20H,1H3. The maximum atomic E-state index is 13.5. The number of anilines is 1. The molecule has 0 amide bonds. The zero-order chi connectivity index (χ0) is 14.9. The highest BCUT2D eigenvalue weighted by Crippen LogP contribution is 2.34. The topological polar surface area (TPSA) is 12.0 Å². The molecule has 1 atom stereocenters. The predicted octanol–water partition coefficient (Wildman–Crippen LogP) is 6.10. The first-order valence-electron chi connectivity index (χ1n) is 5.74. The lowest BCUT2D eigenvalue weighted by atomic mass is 10.1. The van der Waals surface area contributed by atoms with Gasteiger partial charge in [0.05, 0.1) is 11.1 Å². The maximum Gasteiger partial charge on any atom is 0.142 e. The lowest BCUT2D eigenvalue weighted by Gasteiger charge is -2.19. The number of hydrogen-bond acceptors (Lipinski definition) is 1. The third-order valence-corrected chi connectivity index (χ3v) is 3.69. The Labute approximate surface area is 130 Å². The largest absolute Gasteiger partial charge is 0.378 e. The second-order valence-corrected chi connectivity index (χ2v) is 5.50. The van der Waals surface area contributed by atoms with Crippen LogP contribution in [0.15, 0.2) is 30.3 Å². The minimum Gasteiger partial charge on any atom is -0.378 e. The summed E-state index contributed by atoms with van der Waals surface area (Å²) in [5, 5.41) is 3.53. The van der Waals surface area contributed by atoms with Gasteiger partial charge in [0, 0.05) is 21.3 Å². The Morgan fingerprint density at radius 3 is 2.40 bits per heavy atom. The van der Waals surface area contributed by atoms with Crippen molar-refractivity contribution >= 4 is 40.5 Å². The van der Waals surface area contributed by atoms with Crippen LogP contribution >= 0.6 is 34.8 Å². The van der Waals surface area contributed by atoms with Gasteiger partial charge in [-0.2, -0.15) is 0 Å². The SMILES string of the molecule is CC(Nc1cc(F)cc(Cl)c1)c1c(Cl)ccc(F)c1Cl. The van der Waals surface area contributed by atoms with E-state index in [0.717, 1.165) is 0 Å². The molecule has 0 heterocycles. The number of hydrogen-bond donors (Lipinski definition) is 1. The summed E-state index contributed by atoms with van der Waals surface area (Å²) < 4.78 is 26.8. The van der Waals surface area contributed by atoms with Gasteiger partial charge >= 0.3 is 0 Å². The summed E-state index contributed by atoms with van der Waals surface area (Å²) in [6.07, 6.45) is 0. The molecule has 0 radical (unpaired) electrons. The molecule has 1 N–H and O–H groups in total. The van der Waals surface area contributed by atoms with E-state index in [0.29, 0.717) is 16.3 Å². The van der Waals surface area contributed by atoms with Crippen LogP contribution in [0.4, 0.5) is 14.5 Å². The second kappa shape index (κ2) is 6.17. The Kier molecular flexibility index (Phi) is 4.74. The summed E-state index contributed by atoms with van der Waals surface area (Å²) in [5.74, 6) is -1.03. The molecule has 0 aromatic heterocycles. The van der Waals surface area contributed by atoms with E-state index in [4.69, 9.17) is 34.8 Å². The van der Waals surface area contributed by atoms with Gasteiger partial charge in [0.15, 0.2) is 0 Å². The second-order valence-electron chi connectivity index (χ2n) is 4.28. The van der Waals surface area contributed by atoms with Gasteiger partial charge in [-0.15, -0.1) is 0 Å². The van der Waals surface area contributed by atoms with E-state index in [2.05, 4.69) is 5.32 Å². The quantitative estimate of drug-likeness (QED) is 0.668. The van der Waals surface area contributed by atoms with E-state index in [9.17, 15) is 8.78 Å². The Hall–Kier alpha value is -1.03. The van der Waals surface area contributed by atoms with Crippen LogP contribution in [0.25, 0.3) is 0 Å². The van der Waals surface area contributed by atoms with Gasteiger partial charge in [-0.25, -0.2) is 8.78 Å². The van der Waals surface area contributed by atoms with Crippen LogP contribution in [0.5, 0.6) is 0 Å². The van der Waals surface area contributed by atoms with Crippen LogP contribution in [0.2, 0.25) is 15.1 Å². The van der Waals surface area contributed by atoms with Crippen molar-refractivity contribution in [2.75, 3.05) is 5.32 Å². The molecule has 20 heavy (non-hydrogen) atoms. The van der Waals surface area contributed by atoms with Crippen molar-refractivity contribution < 1.29 is 8.78 Å². The van der Waals surface area contributed by atoms with E-state index in [1.54, 1.807) is 13.0 Å². The molecule has 2 aromatic carbocycles. The third-order valence-electron chi connectivity index (χ3n) is 2.76. The van der Waals surface area contributed by atoms with Crippen LogP contribution in [0.1, 0.15) is 18.5 Å². The van der Waals surface area contributed by atoms with Crippen LogP contribution in [0, 0.1) is 11.6 Å². The van der Waals surface area contributed by atoms with Crippen molar-refractivity contribution in [1.29, 1.82) is 0 Å². The normalized spacial score (nSPS) is 12.3. The first-order valence-corrected chi connectivity index (χ1v) is 6.88. The minimum absolute atomic E-state index is 0.0556. The molecular formula is C14H10Cl3F2N. The molecule has 106 valence electrons. The molecule has 0 aliphatic heterocycles. The highest BCUT2D eigenvalue weighted by molar-refractivity contribution is 6.36. The molecular weight excluding hydrogens is 327 g/mol. The lowest BCUT2D eigenvalue weighted by molar-refractivity contribution is 0.623. The number of nitrogens with one attached hydrogen (secondary N) is 1. The molecule has 1 nitrogen and oxygen atoms in total. The van der Waals surface area contributed by atoms with Gasteiger partial charge in [0.2, 0.25) is 0 Å². The van der Waals surface area contributed by atoms with Crippen molar-refractivity contribution in [3.8, 4) is 0 Å². The highest BCUT2D eigenvalue weighted by atomic mass is 35.5. The van der Waals surface area contributed by atoms with E-state index in [1.807, 2.05) is 0 Å². The van der Waals surface area contributed by atoms with Crippen LogP contribution in [0.3, 0.4) is 0 Å². The van der Waals surface area contributed by atoms with Gasteiger partial charge < -0.3 is 5.32 Å². The molecule has 0 fully saturated rings. The molecule has 0 aliphatic rings. The monoisotopic (exact) mass is 335 g/mol. The van der Waals surface area contributed by atoms with Crippen molar-refractivity contribution in [3.05, 3.63) is 62.6 Å². The smallest absolute Gasteiger partial charge is 0.142 e. The Morgan fingerprint density at radius 2 is 1.75 bits per heavy atom. The fourth-order valence-electron chi connectivity index (χ4n) is 1.90. The zero-order valence-electron chi connectivity index (χ0n) is 10.4. The Balaban J connectivity index is 2.33. The van der Waals surface area contributed by atoms with Crippen LogP contribution in [-0.2, 0) is 0 Å². The van der Waals surface area contributed by atoms with Crippen molar-refractivity contribution in [1.82, 2.24) is 0 Å². The molecule has 0 saturated carbocycles. The molecule has 2 aromatic rings. The summed E-state index contributed by atoms with van der Waals surface area (Å²) in [5.41, 5.74) is 0.868. The predicted molar refractivity (Wildman–Crippen MR) is 79.9 cm³/mol. The van der Waals surface area contributed by atoms with E-state index in [-0.39, 0.29) is 10.0 Å². The summed E-state index contributed by atoms with van der Waals surface area (Å²) in [4.78, 5) is 0. The average molecular weight is 337 g/mol. The van der Waals surface area contributed by atoms with Gasteiger partial charge in [-0.1, -0.05) is 34.8 Å². The first kappa shape index (κ1) is 15.4. The molecule has 0 bridgehead atoms. The number of halogens is 5. The molecule has 0 aliphatic carbocycles. The third kappa shape index (κ3) is 3.35. The van der Waals surface area contributed by atoms with Gasteiger partial charge in [0.25, 0.3) is 0 Å². The average Bonchev–Trinajstić information content (AvgIpc) is 2.33. The van der Waals surface area contributed by atoms with Crippen molar-refractivity contribution in [2.45, 2.75) is 13.0 Å². The van der Waals surface area contributed by atoms with E-state index >= 15 is 0 Å². The summed E-state index contributed by atoms with van der Waals surface area (Å²) in [6, 6.07) is 6.24. The fourth-order valence-corrected chi connectivity index (χ4v) is 2.82. The van der Waals surface area contributed by atoms with Gasteiger partial charge in [0.1, 0.15) is 11.6 Å². The Bertz CT molecular complexity index is 626. The molecule has 6 heteroatoms. The lowest BCUT2D eigenvalue weighted by Crippen LogP contribution is -2.09. The van der Waals surface area contributed by atoms with E-state index < -0.39 is 17.7 Å². The van der Waals surface area contributed by atoms with E-state index in [1.165, 1.54) is 24.3 Å². The molecule has 0 saturated heterocycles. The summed E-state index contributed by atoms with van der Waals surface area (Å²) in [7, 11) is 0. The summed E-state index contributed by atoms with van der Waals surface area (Å²) in [6.45, 7) is 1.74. The summed E-state index contributed by atoms with van der Waals surface area (Å²) >= 11 is 17.7.